The van der Waals surface area contributed by atoms with Crippen molar-refractivity contribution in [3.63, 3.8) is 0 Å². The van der Waals surface area contributed by atoms with Crippen molar-refractivity contribution >= 4 is 19.5 Å². The Morgan fingerprint density at radius 1 is 1.22 bits per heavy atom. The monoisotopic (exact) mass is 238 g/mol. The highest BCUT2D eigenvalue weighted by Gasteiger charge is 1.95. The average Bonchev–Trinajstić information content (AvgIpc) is 2.40. The third-order valence-electron chi connectivity index (χ3n) is 2.67. The van der Waals surface area contributed by atoms with Crippen molar-refractivity contribution in [1.82, 2.24) is 0 Å². The molecule has 0 aliphatic heterocycles. The molecule has 0 aromatic heterocycles. The fourth-order valence-electron chi connectivity index (χ4n) is 1.74. The Balaban J connectivity index is 2.24. The van der Waals surface area contributed by atoms with Crippen LogP contribution in [-0.2, 0) is 6.42 Å². The Bertz CT molecular complexity index is 390. The molecule has 0 aliphatic carbocycles. The number of aryl methyl sites for hydroxylation is 1. The van der Waals surface area contributed by atoms with Crippen LogP contribution in [0.2, 0.25) is 6.32 Å². The summed E-state index contributed by atoms with van der Waals surface area (Å²) in [5.41, 5.74) is 2.74. The maximum atomic E-state index is 3.63. The van der Waals surface area contributed by atoms with Gasteiger partial charge in [-0.2, -0.15) is 0 Å². The summed E-state index contributed by atoms with van der Waals surface area (Å²) in [7, 11) is 2.27. The van der Waals surface area contributed by atoms with E-state index in [4.69, 9.17) is 0 Å². The lowest BCUT2D eigenvalue weighted by atomic mass is 9.66. The number of hydrogen-bond donors (Lipinski definition) is 0. The van der Waals surface area contributed by atoms with Gasteiger partial charge in [0.1, 0.15) is 0 Å². The van der Waals surface area contributed by atoms with Gasteiger partial charge in [0.25, 0.3) is 0 Å². The molecule has 1 radical (unpaired) electrons. The van der Waals surface area contributed by atoms with E-state index in [2.05, 4.69) is 56.3 Å². The van der Waals surface area contributed by atoms with Gasteiger partial charge in [0.05, 0.1) is 0 Å². The van der Waals surface area contributed by atoms with Gasteiger partial charge in [0.15, 0.2) is 7.28 Å². The van der Waals surface area contributed by atoms with Gasteiger partial charge < -0.3 is 0 Å². The molecule has 0 heterocycles. The summed E-state index contributed by atoms with van der Waals surface area (Å²) in [6.45, 7) is 5.59. The van der Waals surface area contributed by atoms with Crippen LogP contribution in [-0.4, -0.2) is 14.0 Å². The summed E-state index contributed by atoms with van der Waals surface area (Å²) in [5.74, 6) is 0. The van der Waals surface area contributed by atoms with E-state index in [1.54, 1.807) is 6.20 Å². The first-order valence-corrected chi connectivity index (χ1v) is 6.56. The summed E-state index contributed by atoms with van der Waals surface area (Å²) in [6, 6.07) is 8.86. The molecule has 0 aliphatic rings. The molecule has 0 unspecified atom stereocenters. The van der Waals surface area contributed by atoms with Crippen LogP contribution in [0.4, 0.5) is 0 Å². The smallest absolute Gasteiger partial charge is 0.151 e. The molecule has 0 fully saturated rings. The van der Waals surface area contributed by atoms with Gasteiger partial charge in [0, 0.05) is 6.20 Å². The number of nitrogens with zero attached hydrogens (tertiary/aromatic N) is 1. The zero-order valence-corrected chi connectivity index (χ0v) is 11.2. The molecule has 0 atom stereocenters. The third kappa shape index (κ3) is 6.24. The summed E-state index contributed by atoms with van der Waals surface area (Å²) < 4.78 is 0. The quantitative estimate of drug-likeness (QED) is 0.284. The van der Waals surface area contributed by atoms with Gasteiger partial charge >= 0.3 is 0 Å². The lowest BCUT2D eigenvalue weighted by Crippen LogP contribution is -2.12. The van der Waals surface area contributed by atoms with Crippen molar-refractivity contribution in [3.05, 3.63) is 54.3 Å². The van der Waals surface area contributed by atoms with Crippen LogP contribution in [0.15, 0.2) is 53.7 Å². The van der Waals surface area contributed by atoms with E-state index >= 15 is 0 Å². The molecule has 93 valence electrons. The first-order chi connectivity index (χ1) is 8.86. The van der Waals surface area contributed by atoms with Crippen molar-refractivity contribution in [2.45, 2.75) is 32.5 Å². The molecular weight excluding hydrogens is 217 g/mol. The normalized spacial score (nSPS) is 11.2. The number of aliphatic imine (C=N–C) groups is 1. The van der Waals surface area contributed by atoms with Crippen LogP contribution < -0.4 is 5.46 Å². The molecule has 0 saturated carbocycles. The minimum Gasteiger partial charge on any atom is -0.273 e. The van der Waals surface area contributed by atoms with Crippen molar-refractivity contribution in [3.8, 4) is 0 Å². The van der Waals surface area contributed by atoms with Crippen molar-refractivity contribution in [2.75, 3.05) is 0 Å². The van der Waals surface area contributed by atoms with Gasteiger partial charge in [-0.15, -0.1) is 0 Å². The predicted molar refractivity (Wildman–Crippen MR) is 83.1 cm³/mol. The molecule has 1 aromatic rings. The second-order valence-electron chi connectivity index (χ2n) is 4.23. The number of allylic oxidation sites excluding steroid dienone is 3. The van der Waals surface area contributed by atoms with E-state index in [1.165, 1.54) is 23.9 Å². The minimum absolute atomic E-state index is 1.05. The van der Waals surface area contributed by atoms with Crippen molar-refractivity contribution in [2.24, 2.45) is 4.99 Å². The van der Waals surface area contributed by atoms with E-state index in [0.717, 1.165) is 12.7 Å². The van der Waals surface area contributed by atoms with Crippen LogP contribution in [0, 0.1) is 0 Å². The van der Waals surface area contributed by atoms with Gasteiger partial charge in [0.2, 0.25) is 0 Å². The third-order valence-corrected chi connectivity index (χ3v) is 2.67. The maximum absolute atomic E-state index is 3.63. The van der Waals surface area contributed by atoms with Gasteiger partial charge in [-0.1, -0.05) is 61.5 Å². The molecule has 0 amide bonds. The zero-order chi connectivity index (χ0) is 13.1. The average molecular weight is 238 g/mol. The molecule has 1 aromatic carbocycles. The first kappa shape index (κ1) is 14.5. The van der Waals surface area contributed by atoms with Crippen LogP contribution in [0.5, 0.6) is 0 Å². The van der Waals surface area contributed by atoms with Crippen molar-refractivity contribution < 1.29 is 0 Å². The van der Waals surface area contributed by atoms with Gasteiger partial charge in [-0.3, -0.25) is 4.99 Å². The fraction of sp³-hybridized carbons (Fsp3) is 0.312. The summed E-state index contributed by atoms with van der Waals surface area (Å²) >= 11 is 0. The number of hydrogen-bond acceptors (Lipinski definition) is 1. The molecule has 18 heavy (non-hydrogen) atoms. The SMILES string of the molecule is C=N/C=C\C=C/CC[B]c1ccc(CCC)cc1. The Hall–Kier alpha value is -1.57. The van der Waals surface area contributed by atoms with Crippen LogP contribution >= 0.6 is 0 Å². The van der Waals surface area contributed by atoms with Crippen LogP contribution in [0.3, 0.4) is 0 Å². The fourth-order valence-corrected chi connectivity index (χ4v) is 1.74. The second-order valence-corrected chi connectivity index (χ2v) is 4.23. The standard InChI is InChI=1S/C16H21BN/c1-3-8-15-9-11-16(12-10-15)17-13-6-4-5-7-14-18-2/h4-5,7,9-12,14H,2-3,6,8,13H2,1H3/b5-4-,14-7-. The molecule has 0 N–H and O–H groups in total. The maximum Gasteiger partial charge on any atom is 0.151 e. The Morgan fingerprint density at radius 2 is 2.00 bits per heavy atom. The Labute approximate surface area is 112 Å². The lowest BCUT2D eigenvalue weighted by Gasteiger charge is -2.01. The van der Waals surface area contributed by atoms with Crippen LogP contribution in [0.1, 0.15) is 25.3 Å². The largest absolute Gasteiger partial charge is 0.273 e. The van der Waals surface area contributed by atoms with E-state index in [0.29, 0.717) is 0 Å². The molecule has 2 heteroatoms. The van der Waals surface area contributed by atoms with Crippen molar-refractivity contribution in [1.29, 1.82) is 0 Å². The minimum atomic E-state index is 1.05. The van der Waals surface area contributed by atoms with E-state index in [9.17, 15) is 0 Å². The lowest BCUT2D eigenvalue weighted by molar-refractivity contribution is 0.922. The summed E-state index contributed by atoms with van der Waals surface area (Å²) in [4.78, 5) is 3.63. The number of rotatable bonds is 8. The number of benzene rings is 1. The molecule has 1 nitrogen and oxygen atoms in total. The first-order valence-electron chi connectivity index (χ1n) is 6.56. The summed E-state index contributed by atoms with van der Waals surface area (Å²) in [5, 5.41) is 0. The topological polar surface area (TPSA) is 12.4 Å². The highest BCUT2D eigenvalue weighted by atomic mass is 14.6. The molecule has 1 rings (SSSR count). The van der Waals surface area contributed by atoms with Gasteiger partial charge in [-0.25, -0.2) is 0 Å². The molecule has 0 saturated heterocycles. The predicted octanol–water partition coefficient (Wildman–Crippen LogP) is 3.55. The highest BCUT2D eigenvalue weighted by molar-refractivity contribution is 6.53. The Morgan fingerprint density at radius 3 is 2.67 bits per heavy atom. The Kier molecular flexibility index (Phi) is 7.62. The zero-order valence-electron chi connectivity index (χ0n) is 11.2. The molecular formula is C16H21BN. The molecule has 0 spiro atoms. The van der Waals surface area contributed by atoms with E-state index in [-0.39, 0.29) is 0 Å². The summed E-state index contributed by atoms with van der Waals surface area (Å²) in [6.07, 6.45) is 12.2. The van der Waals surface area contributed by atoms with E-state index < -0.39 is 0 Å². The molecule has 0 bridgehead atoms. The van der Waals surface area contributed by atoms with Gasteiger partial charge in [-0.05, 0) is 31.2 Å². The van der Waals surface area contributed by atoms with Crippen LogP contribution in [0.25, 0.3) is 0 Å². The van der Waals surface area contributed by atoms with E-state index in [1.807, 2.05) is 12.2 Å². The highest BCUT2D eigenvalue weighted by Crippen LogP contribution is 2.01. The second kappa shape index (κ2) is 9.46.